The van der Waals surface area contributed by atoms with Gasteiger partial charge in [-0.2, -0.15) is 5.10 Å². The van der Waals surface area contributed by atoms with Crippen LogP contribution >= 0.6 is 0 Å². The molecule has 2 amide bonds. The number of amides is 2. The van der Waals surface area contributed by atoms with Gasteiger partial charge in [0.15, 0.2) is 0 Å². The summed E-state index contributed by atoms with van der Waals surface area (Å²) in [4.78, 5) is 27.9. The molecule has 6 heteroatoms. The van der Waals surface area contributed by atoms with E-state index in [1.54, 1.807) is 36.5 Å². The highest BCUT2D eigenvalue weighted by molar-refractivity contribution is 6.05. The number of carbonyl (C=O) groups is 2. The molecule has 148 valence electrons. The fourth-order valence-electron chi connectivity index (χ4n) is 3.16. The van der Waals surface area contributed by atoms with Gasteiger partial charge in [-0.05, 0) is 48.9 Å². The smallest absolute Gasteiger partial charge is 0.271 e. The highest BCUT2D eigenvalue weighted by atomic mass is 16.2. The number of hydrogen-bond acceptors (Lipinski definition) is 3. The van der Waals surface area contributed by atoms with Crippen molar-refractivity contribution in [1.29, 1.82) is 0 Å². The van der Waals surface area contributed by atoms with Crippen LogP contribution < -0.4 is 10.7 Å². The summed E-state index contributed by atoms with van der Waals surface area (Å²) in [7, 11) is 0. The number of anilines is 1. The van der Waals surface area contributed by atoms with Gasteiger partial charge >= 0.3 is 0 Å². The summed E-state index contributed by atoms with van der Waals surface area (Å²) in [5.41, 5.74) is 7.00. The van der Waals surface area contributed by atoms with Crippen molar-refractivity contribution in [2.24, 2.45) is 5.10 Å². The van der Waals surface area contributed by atoms with Gasteiger partial charge in [-0.1, -0.05) is 36.4 Å². The minimum atomic E-state index is -0.331. The number of fused-ring (bicyclic) bond motifs is 1. The van der Waals surface area contributed by atoms with Crippen LogP contribution in [0.1, 0.15) is 31.8 Å². The molecule has 0 bridgehead atoms. The minimum Gasteiger partial charge on any atom is -0.361 e. The fourth-order valence-corrected chi connectivity index (χ4v) is 3.16. The molecule has 0 saturated carbocycles. The summed E-state index contributed by atoms with van der Waals surface area (Å²) in [5.74, 6) is -0.517. The van der Waals surface area contributed by atoms with Gasteiger partial charge in [0.25, 0.3) is 11.8 Å². The highest BCUT2D eigenvalue weighted by Crippen LogP contribution is 2.16. The Morgan fingerprint density at radius 1 is 0.900 bits per heavy atom. The molecule has 0 spiro atoms. The molecule has 0 aliphatic rings. The van der Waals surface area contributed by atoms with Crippen LogP contribution in [0.2, 0.25) is 0 Å². The van der Waals surface area contributed by atoms with Gasteiger partial charge in [0.1, 0.15) is 0 Å². The molecule has 30 heavy (non-hydrogen) atoms. The molecule has 0 radical (unpaired) electrons. The van der Waals surface area contributed by atoms with Gasteiger partial charge in [-0.25, -0.2) is 5.43 Å². The maximum Gasteiger partial charge on any atom is 0.271 e. The van der Waals surface area contributed by atoms with Crippen LogP contribution in [0, 0.1) is 6.92 Å². The summed E-state index contributed by atoms with van der Waals surface area (Å²) in [6.45, 7) is 1.89. The van der Waals surface area contributed by atoms with Gasteiger partial charge in [0.05, 0.1) is 6.21 Å². The van der Waals surface area contributed by atoms with Crippen molar-refractivity contribution in [3.05, 3.63) is 101 Å². The van der Waals surface area contributed by atoms with E-state index in [0.717, 1.165) is 22.0 Å². The maximum atomic E-state index is 12.4. The standard InChI is InChI=1S/C24H20N4O2/c1-16-6-2-3-7-20(16)24(30)27-19-12-10-17(11-13-19)23(29)28-26-15-18-14-25-22-9-5-4-8-21(18)22/h2-15,25H,1H3,(H,27,30)(H,28,29)/b26-15+. The van der Waals surface area contributed by atoms with Crippen molar-refractivity contribution in [2.45, 2.75) is 6.92 Å². The van der Waals surface area contributed by atoms with E-state index in [9.17, 15) is 9.59 Å². The number of H-pyrrole nitrogens is 1. The van der Waals surface area contributed by atoms with Gasteiger partial charge < -0.3 is 10.3 Å². The van der Waals surface area contributed by atoms with Crippen molar-refractivity contribution < 1.29 is 9.59 Å². The van der Waals surface area contributed by atoms with E-state index in [0.29, 0.717) is 16.8 Å². The van der Waals surface area contributed by atoms with Crippen molar-refractivity contribution in [2.75, 3.05) is 5.32 Å². The third-order valence-electron chi connectivity index (χ3n) is 4.79. The van der Waals surface area contributed by atoms with E-state index in [1.807, 2.05) is 55.6 Å². The van der Waals surface area contributed by atoms with Gasteiger partial charge in [-0.3, -0.25) is 9.59 Å². The summed E-state index contributed by atoms with van der Waals surface area (Å²) in [6.07, 6.45) is 3.44. The Morgan fingerprint density at radius 2 is 1.63 bits per heavy atom. The predicted octanol–water partition coefficient (Wildman–Crippen LogP) is 4.49. The largest absolute Gasteiger partial charge is 0.361 e. The molecule has 0 unspecified atom stereocenters. The van der Waals surface area contributed by atoms with Crippen LogP contribution in [0.15, 0.2) is 84.1 Å². The van der Waals surface area contributed by atoms with Crippen molar-refractivity contribution in [1.82, 2.24) is 10.4 Å². The number of benzene rings is 3. The third kappa shape index (κ3) is 4.12. The number of nitrogens with zero attached hydrogens (tertiary/aromatic N) is 1. The lowest BCUT2D eigenvalue weighted by Crippen LogP contribution is -2.18. The van der Waals surface area contributed by atoms with Gasteiger partial charge in [0.2, 0.25) is 0 Å². The van der Waals surface area contributed by atoms with Gasteiger partial charge in [0, 0.05) is 39.5 Å². The number of carbonyl (C=O) groups excluding carboxylic acids is 2. The normalized spacial score (nSPS) is 11.0. The second kappa shape index (κ2) is 8.45. The average Bonchev–Trinajstić information content (AvgIpc) is 3.17. The van der Waals surface area contributed by atoms with Crippen LogP contribution in [0.3, 0.4) is 0 Å². The Labute approximate surface area is 173 Å². The molecule has 0 atom stereocenters. The zero-order valence-corrected chi connectivity index (χ0v) is 16.3. The molecule has 4 rings (SSSR count). The lowest BCUT2D eigenvalue weighted by atomic mass is 10.1. The van der Waals surface area contributed by atoms with Crippen LogP contribution in [0.25, 0.3) is 10.9 Å². The first-order chi connectivity index (χ1) is 14.6. The Bertz CT molecular complexity index is 1240. The van der Waals surface area contributed by atoms with E-state index in [-0.39, 0.29) is 11.8 Å². The number of rotatable bonds is 5. The van der Waals surface area contributed by atoms with E-state index in [2.05, 4.69) is 20.8 Å². The second-order valence-electron chi connectivity index (χ2n) is 6.84. The van der Waals surface area contributed by atoms with E-state index < -0.39 is 0 Å². The van der Waals surface area contributed by atoms with Gasteiger partial charge in [-0.15, -0.1) is 0 Å². The summed E-state index contributed by atoms with van der Waals surface area (Å²) in [6, 6.07) is 21.9. The van der Waals surface area contributed by atoms with Crippen LogP contribution in [0.5, 0.6) is 0 Å². The first kappa shape index (κ1) is 19.1. The van der Waals surface area contributed by atoms with Crippen molar-refractivity contribution in [3.63, 3.8) is 0 Å². The summed E-state index contributed by atoms with van der Waals surface area (Å²) < 4.78 is 0. The van der Waals surface area contributed by atoms with E-state index in [4.69, 9.17) is 0 Å². The average molecular weight is 396 g/mol. The third-order valence-corrected chi connectivity index (χ3v) is 4.79. The number of hydrazone groups is 1. The number of aryl methyl sites for hydroxylation is 1. The zero-order valence-electron chi connectivity index (χ0n) is 16.3. The van der Waals surface area contributed by atoms with Crippen LogP contribution in [-0.2, 0) is 0 Å². The molecule has 1 aromatic heterocycles. The molecule has 3 N–H and O–H groups in total. The maximum absolute atomic E-state index is 12.4. The SMILES string of the molecule is Cc1ccccc1C(=O)Nc1ccc(C(=O)N/N=C/c2c[nH]c3ccccc23)cc1. The van der Waals surface area contributed by atoms with Crippen LogP contribution in [0.4, 0.5) is 5.69 Å². The Kier molecular flexibility index (Phi) is 5.39. The van der Waals surface area contributed by atoms with Crippen LogP contribution in [-0.4, -0.2) is 23.0 Å². The number of para-hydroxylation sites is 1. The fraction of sp³-hybridized carbons (Fsp3) is 0.0417. The molecule has 0 aliphatic carbocycles. The molecule has 3 aromatic carbocycles. The quantitative estimate of drug-likeness (QED) is 0.343. The molecule has 6 nitrogen and oxygen atoms in total. The topological polar surface area (TPSA) is 86.3 Å². The Morgan fingerprint density at radius 3 is 2.43 bits per heavy atom. The number of aromatic nitrogens is 1. The lowest BCUT2D eigenvalue weighted by Gasteiger charge is -2.08. The van der Waals surface area contributed by atoms with Crippen molar-refractivity contribution >= 4 is 34.6 Å². The molecule has 1 heterocycles. The molecule has 4 aromatic rings. The predicted molar refractivity (Wildman–Crippen MR) is 119 cm³/mol. The van der Waals surface area contributed by atoms with E-state index in [1.165, 1.54) is 0 Å². The number of aromatic amines is 1. The first-order valence-corrected chi connectivity index (χ1v) is 9.48. The lowest BCUT2D eigenvalue weighted by molar-refractivity contribution is 0.0954. The highest BCUT2D eigenvalue weighted by Gasteiger charge is 2.09. The Balaban J connectivity index is 1.38. The molecule has 0 fully saturated rings. The first-order valence-electron chi connectivity index (χ1n) is 9.48. The molecule has 0 saturated heterocycles. The molecular weight excluding hydrogens is 376 g/mol. The second-order valence-corrected chi connectivity index (χ2v) is 6.84. The zero-order chi connectivity index (χ0) is 20.9. The summed E-state index contributed by atoms with van der Waals surface area (Å²) in [5, 5.41) is 7.92. The van der Waals surface area contributed by atoms with E-state index >= 15 is 0 Å². The molecular formula is C24H20N4O2. The number of hydrogen-bond donors (Lipinski definition) is 3. The summed E-state index contributed by atoms with van der Waals surface area (Å²) >= 11 is 0. The minimum absolute atomic E-state index is 0.186. The monoisotopic (exact) mass is 396 g/mol. The van der Waals surface area contributed by atoms with Crippen molar-refractivity contribution in [3.8, 4) is 0 Å². The number of nitrogens with one attached hydrogen (secondary N) is 3. The Hall–Kier alpha value is -4.19. The molecule has 0 aliphatic heterocycles.